The predicted octanol–water partition coefficient (Wildman–Crippen LogP) is 3.47. The topological polar surface area (TPSA) is 81.4 Å². The van der Waals surface area contributed by atoms with Gasteiger partial charge in [-0.1, -0.05) is 6.07 Å². The number of nitriles is 1. The van der Waals surface area contributed by atoms with E-state index in [9.17, 15) is 10.1 Å². The molecule has 0 unspecified atom stereocenters. The van der Waals surface area contributed by atoms with Gasteiger partial charge in [-0.15, -0.1) is 11.3 Å². The van der Waals surface area contributed by atoms with Crippen LogP contribution in [0.5, 0.6) is 11.5 Å². The van der Waals surface area contributed by atoms with Crippen LogP contribution in [0.1, 0.15) is 23.2 Å². The van der Waals surface area contributed by atoms with Gasteiger partial charge in [0.2, 0.25) is 0 Å². The van der Waals surface area contributed by atoms with Crippen molar-refractivity contribution in [3.8, 4) is 17.6 Å². The van der Waals surface area contributed by atoms with E-state index in [4.69, 9.17) is 14.2 Å². The van der Waals surface area contributed by atoms with Gasteiger partial charge < -0.3 is 14.2 Å². The van der Waals surface area contributed by atoms with Crippen molar-refractivity contribution in [1.29, 1.82) is 5.26 Å². The lowest BCUT2D eigenvalue weighted by molar-refractivity contribution is -0.145. The van der Waals surface area contributed by atoms with Crippen molar-refractivity contribution in [3.63, 3.8) is 0 Å². The van der Waals surface area contributed by atoms with E-state index in [0.717, 1.165) is 11.3 Å². The number of carbonyl (C=O) groups is 1. The molecule has 0 N–H and O–H groups in total. The number of hydrogen-bond acceptors (Lipinski definition) is 7. The Labute approximate surface area is 150 Å². The van der Waals surface area contributed by atoms with Crippen molar-refractivity contribution in [2.24, 2.45) is 0 Å². The van der Waals surface area contributed by atoms with Crippen molar-refractivity contribution >= 4 is 29.0 Å². The summed E-state index contributed by atoms with van der Waals surface area (Å²) in [7, 11) is 1.51. The third kappa shape index (κ3) is 5.06. The van der Waals surface area contributed by atoms with Crippen LogP contribution in [-0.2, 0) is 9.53 Å². The summed E-state index contributed by atoms with van der Waals surface area (Å²) in [5.74, 6) is 0.446. The van der Waals surface area contributed by atoms with Crippen LogP contribution >= 0.6 is 11.3 Å². The molecule has 0 radical (unpaired) electrons. The molecule has 1 aromatic heterocycles. The Morgan fingerprint density at radius 2 is 2.20 bits per heavy atom. The Kier molecular flexibility index (Phi) is 6.54. The Balaban J connectivity index is 2.21. The Morgan fingerprint density at radius 3 is 2.80 bits per heavy atom. The van der Waals surface area contributed by atoms with E-state index in [2.05, 4.69) is 11.1 Å². The average Bonchev–Trinajstić information content (AvgIpc) is 3.04. The zero-order chi connectivity index (χ0) is 18.2. The van der Waals surface area contributed by atoms with Gasteiger partial charge in [0.05, 0.1) is 19.3 Å². The van der Waals surface area contributed by atoms with E-state index < -0.39 is 5.97 Å². The first kappa shape index (κ1) is 18.5. The summed E-state index contributed by atoms with van der Waals surface area (Å²) in [6.45, 7) is 3.72. The van der Waals surface area contributed by atoms with E-state index in [1.165, 1.54) is 18.4 Å². The number of thiazole rings is 1. The standard InChI is InChI=1S/C18H18N2O4S/c1-4-23-17(21)10-24-15-6-5-13(8-16(15)22-3)7-14(9-19)18-20-12(2)11-25-18/h5-8,11H,4,10H2,1-3H3/b14-7+. The van der Waals surface area contributed by atoms with Crippen LogP contribution in [0.25, 0.3) is 11.6 Å². The highest BCUT2D eigenvalue weighted by Gasteiger charge is 2.10. The fraction of sp³-hybridized carbons (Fsp3) is 0.278. The number of benzene rings is 1. The molecule has 0 saturated heterocycles. The molecule has 0 aliphatic heterocycles. The quantitative estimate of drug-likeness (QED) is 0.557. The van der Waals surface area contributed by atoms with Crippen LogP contribution in [0, 0.1) is 18.3 Å². The summed E-state index contributed by atoms with van der Waals surface area (Å²) >= 11 is 1.42. The van der Waals surface area contributed by atoms with Crippen LogP contribution in [0.15, 0.2) is 23.6 Å². The fourth-order valence-electron chi connectivity index (χ4n) is 2.02. The highest BCUT2D eigenvalue weighted by molar-refractivity contribution is 7.11. The van der Waals surface area contributed by atoms with Crippen molar-refractivity contribution in [1.82, 2.24) is 4.98 Å². The lowest BCUT2D eigenvalue weighted by Crippen LogP contribution is -2.14. The van der Waals surface area contributed by atoms with Crippen LogP contribution in [0.2, 0.25) is 0 Å². The molecule has 25 heavy (non-hydrogen) atoms. The molecule has 0 saturated carbocycles. The van der Waals surface area contributed by atoms with Gasteiger partial charge in [0, 0.05) is 11.1 Å². The number of nitrogens with zero attached hydrogens (tertiary/aromatic N) is 2. The maximum atomic E-state index is 11.4. The average molecular weight is 358 g/mol. The number of rotatable bonds is 7. The number of methoxy groups -OCH3 is 1. The van der Waals surface area contributed by atoms with E-state index in [0.29, 0.717) is 28.7 Å². The first-order valence-electron chi connectivity index (χ1n) is 7.58. The molecule has 1 heterocycles. The van der Waals surface area contributed by atoms with Gasteiger partial charge in [-0.25, -0.2) is 9.78 Å². The molecule has 0 fully saturated rings. The van der Waals surface area contributed by atoms with E-state index >= 15 is 0 Å². The van der Waals surface area contributed by atoms with Crippen LogP contribution in [-0.4, -0.2) is 31.3 Å². The molecule has 2 aromatic rings. The van der Waals surface area contributed by atoms with Crippen molar-refractivity contribution in [3.05, 3.63) is 39.8 Å². The molecule has 7 heteroatoms. The van der Waals surface area contributed by atoms with Crippen molar-refractivity contribution in [2.45, 2.75) is 13.8 Å². The number of aryl methyl sites for hydroxylation is 1. The second-order valence-corrected chi connectivity index (χ2v) is 5.83. The number of esters is 1. The molecule has 0 atom stereocenters. The summed E-state index contributed by atoms with van der Waals surface area (Å²) in [5, 5.41) is 11.9. The second-order valence-electron chi connectivity index (χ2n) is 4.97. The molecule has 0 aliphatic carbocycles. The largest absolute Gasteiger partial charge is 0.493 e. The number of carbonyl (C=O) groups excluding carboxylic acids is 1. The lowest BCUT2D eigenvalue weighted by atomic mass is 10.1. The molecule has 0 amide bonds. The van der Waals surface area contributed by atoms with Gasteiger partial charge in [-0.2, -0.15) is 5.26 Å². The van der Waals surface area contributed by atoms with Gasteiger partial charge in [0.25, 0.3) is 0 Å². The van der Waals surface area contributed by atoms with E-state index in [1.807, 2.05) is 12.3 Å². The number of aromatic nitrogens is 1. The minimum Gasteiger partial charge on any atom is -0.493 e. The molecular formula is C18H18N2O4S. The highest BCUT2D eigenvalue weighted by atomic mass is 32.1. The normalized spacial score (nSPS) is 10.9. The predicted molar refractivity (Wildman–Crippen MR) is 95.5 cm³/mol. The molecular weight excluding hydrogens is 340 g/mol. The molecule has 1 aromatic carbocycles. The third-order valence-corrected chi connectivity index (χ3v) is 4.11. The highest BCUT2D eigenvalue weighted by Crippen LogP contribution is 2.30. The zero-order valence-corrected chi connectivity index (χ0v) is 15.1. The van der Waals surface area contributed by atoms with E-state index in [1.54, 1.807) is 31.2 Å². The Bertz CT molecular complexity index is 821. The van der Waals surface area contributed by atoms with Crippen molar-refractivity contribution in [2.75, 3.05) is 20.3 Å². The zero-order valence-electron chi connectivity index (χ0n) is 14.2. The van der Waals surface area contributed by atoms with Gasteiger partial charge in [0.1, 0.15) is 11.1 Å². The molecule has 0 aliphatic rings. The monoisotopic (exact) mass is 358 g/mol. The Morgan fingerprint density at radius 1 is 1.40 bits per heavy atom. The molecule has 2 rings (SSSR count). The van der Waals surface area contributed by atoms with Gasteiger partial charge in [0.15, 0.2) is 18.1 Å². The number of hydrogen-bond donors (Lipinski definition) is 0. The van der Waals surface area contributed by atoms with Crippen LogP contribution < -0.4 is 9.47 Å². The SMILES string of the molecule is CCOC(=O)COc1ccc(/C=C(\C#N)c2nc(C)cs2)cc1OC. The minimum atomic E-state index is -0.445. The second kappa shape index (κ2) is 8.85. The van der Waals surface area contributed by atoms with Gasteiger partial charge >= 0.3 is 5.97 Å². The summed E-state index contributed by atoms with van der Waals surface area (Å²) < 4.78 is 15.5. The maximum absolute atomic E-state index is 11.4. The summed E-state index contributed by atoms with van der Waals surface area (Å²) in [6, 6.07) is 7.36. The van der Waals surface area contributed by atoms with Crippen LogP contribution in [0.4, 0.5) is 0 Å². The fourth-order valence-corrected chi connectivity index (χ4v) is 2.78. The number of ether oxygens (including phenoxy) is 3. The molecule has 130 valence electrons. The van der Waals surface area contributed by atoms with Gasteiger partial charge in [-0.05, 0) is 37.6 Å². The molecule has 0 spiro atoms. The van der Waals surface area contributed by atoms with Crippen LogP contribution in [0.3, 0.4) is 0 Å². The number of allylic oxidation sites excluding steroid dienone is 1. The third-order valence-electron chi connectivity index (χ3n) is 3.12. The first-order valence-corrected chi connectivity index (χ1v) is 8.46. The maximum Gasteiger partial charge on any atom is 0.344 e. The Hall–Kier alpha value is -2.85. The summed E-state index contributed by atoms with van der Waals surface area (Å²) in [4.78, 5) is 15.7. The molecule has 6 nitrogen and oxygen atoms in total. The minimum absolute atomic E-state index is 0.193. The smallest absolute Gasteiger partial charge is 0.344 e. The van der Waals surface area contributed by atoms with E-state index in [-0.39, 0.29) is 6.61 Å². The van der Waals surface area contributed by atoms with Crippen molar-refractivity contribution < 1.29 is 19.0 Å². The lowest BCUT2D eigenvalue weighted by Gasteiger charge is -2.11. The summed E-state index contributed by atoms with van der Waals surface area (Å²) in [6.07, 6.45) is 1.73. The summed E-state index contributed by atoms with van der Waals surface area (Å²) in [5.41, 5.74) is 2.12. The van der Waals surface area contributed by atoms with Gasteiger partial charge in [-0.3, -0.25) is 0 Å². The molecule has 0 bridgehead atoms. The first-order chi connectivity index (χ1) is 12.1.